The van der Waals surface area contributed by atoms with E-state index in [0.29, 0.717) is 5.75 Å². The first-order valence-corrected chi connectivity index (χ1v) is 5.91. The molecule has 1 aromatic carbocycles. The highest BCUT2D eigenvalue weighted by Crippen LogP contribution is 2.28. The van der Waals surface area contributed by atoms with Gasteiger partial charge in [-0.25, -0.2) is 0 Å². The maximum Gasteiger partial charge on any atom is 0.115 e. The SMILES string of the molecule is Oc1cccc(CNCCOCC2CC2)c1. The lowest BCUT2D eigenvalue weighted by Gasteiger charge is -2.06. The second-order valence-electron chi connectivity index (χ2n) is 4.36. The van der Waals surface area contributed by atoms with Crippen molar-refractivity contribution in [3.05, 3.63) is 29.8 Å². The van der Waals surface area contributed by atoms with E-state index in [1.165, 1.54) is 12.8 Å². The minimum absolute atomic E-state index is 0.323. The van der Waals surface area contributed by atoms with Crippen molar-refractivity contribution < 1.29 is 9.84 Å². The number of phenols is 1. The molecule has 1 fully saturated rings. The van der Waals surface area contributed by atoms with Crippen LogP contribution < -0.4 is 5.32 Å². The van der Waals surface area contributed by atoms with E-state index in [-0.39, 0.29) is 0 Å². The van der Waals surface area contributed by atoms with Gasteiger partial charge < -0.3 is 15.2 Å². The summed E-state index contributed by atoms with van der Waals surface area (Å²) in [5.41, 5.74) is 1.10. The smallest absolute Gasteiger partial charge is 0.115 e. The van der Waals surface area contributed by atoms with Crippen LogP contribution in [0.15, 0.2) is 24.3 Å². The van der Waals surface area contributed by atoms with Gasteiger partial charge in [0, 0.05) is 19.7 Å². The summed E-state index contributed by atoms with van der Waals surface area (Å²) >= 11 is 0. The van der Waals surface area contributed by atoms with Crippen molar-refractivity contribution in [3.63, 3.8) is 0 Å². The van der Waals surface area contributed by atoms with Gasteiger partial charge >= 0.3 is 0 Å². The van der Waals surface area contributed by atoms with E-state index in [9.17, 15) is 5.11 Å². The summed E-state index contributed by atoms with van der Waals surface area (Å²) in [7, 11) is 0. The van der Waals surface area contributed by atoms with Crippen LogP contribution in [0.4, 0.5) is 0 Å². The summed E-state index contributed by atoms with van der Waals surface area (Å²) < 4.78 is 5.51. The molecule has 0 heterocycles. The second kappa shape index (κ2) is 5.87. The minimum Gasteiger partial charge on any atom is -0.508 e. The fourth-order valence-corrected chi connectivity index (χ4v) is 1.58. The Balaban J connectivity index is 1.53. The summed E-state index contributed by atoms with van der Waals surface area (Å²) in [5, 5.41) is 12.6. The molecular weight excluding hydrogens is 202 g/mol. The zero-order chi connectivity index (χ0) is 11.2. The molecule has 88 valence electrons. The Hall–Kier alpha value is -1.06. The van der Waals surface area contributed by atoms with Gasteiger partial charge in [0.05, 0.1) is 6.61 Å². The van der Waals surface area contributed by atoms with Crippen molar-refractivity contribution in [2.75, 3.05) is 19.8 Å². The lowest BCUT2D eigenvalue weighted by molar-refractivity contribution is 0.126. The summed E-state index contributed by atoms with van der Waals surface area (Å²) in [4.78, 5) is 0. The monoisotopic (exact) mass is 221 g/mol. The van der Waals surface area contributed by atoms with Gasteiger partial charge in [0.2, 0.25) is 0 Å². The van der Waals surface area contributed by atoms with E-state index in [1.54, 1.807) is 12.1 Å². The van der Waals surface area contributed by atoms with Crippen molar-refractivity contribution in [1.82, 2.24) is 5.32 Å². The fourth-order valence-electron chi connectivity index (χ4n) is 1.58. The summed E-state index contributed by atoms with van der Waals surface area (Å²) in [6, 6.07) is 7.31. The molecular formula is C13H19NO2. The average molecular weight is 221 g/mol. The number of rotatable bonds is 7. The molecule has 1 saturated carbocycles. The molecule has 0 aromatic heterocycles. The molecule has 3 nitrogen and oxygen atoms in total. The van der Waals surface area contributed by atoms with Gasteiger partial charge in [-0.1, -0.05) is 12.1 Å². The molecule has 2 N–H and O–H groups in total. The van der Waals surface area contributed by atoms with Crippen molar-refractivity contribution in [1.29, 1.82) is 0 Å². The van der Waals surface area contributed by atoms with Crippen molar-refractivity contribution >= 4 is 0 Å². The van der Waals surface area contributed by atoms with Crippen molar-refractivity contribution in [2.24, 2.45) is 5.92 Å². The Morgan fingerprint density at radius 2 is 2.25 bits per heavy atom. The predicted molar refractivity (Wildman–Crippen MR) is 63.4 cm³/mol. The van der Waals surface area contributed by atoms with Crippen LogP contribution in [0.25, 0.3) is 0 Å². The second-order valence-corrected chi connectivity index (χ2v) is 4.36. The Morgan fingerprint density at radius 3 is 3.00 bits per heavy atom. The van der Waals surface area contributed by atoms with E-state index in [0.717, 1.165) is 37.8 Å². The highest BCUT2D eigenvalue weighted by molar-refractivity contribution is 5.26. The third kappa shape index (κ3) is 4.21. The normalized spacial score (nSPS) is 15.2. The van der Waals surface area contributed by atoms with E-state index >= 15 is 0 Å². The first-order chi connectivity index (χ1) is 7.84. The fraction of sp³-hybridized carbons (Fsp3) is 0.538. The van der Waals surface area contributed by atoms with Crippen LogP contribution in [0.2, 0.25) is 0 Å². The Morgan fingerprint density at radius 1 is 1.38 bits per heavy atom. The lowest BCUT2D eigenvalue weighted by Crippen LogP contribution is -2.19. The molecule has 0 spiro atoms. The molecule has 1 aliphatic rings. The molecule has 0 bridgehead atoms. The number of hydrogen-bond acceptors (Lipinski definition) is 3. The Labute approximate surface area is 96.4 Å². The van der Waals surface area contributed by atoms with Crippen LogP contribution in [0.1, 0.15) is 18.4 Å². The van der Waals surface area contributed by atoms with E-state index in [4.69, 9.17) is 4.74 Å². The highest BCUT2D eigenvalue weighted by atomic mass is 16.5. The quantitative estimate of drug-likeness (QED) is 0.691. The van der Waals surface area contributed by atoms with Gasteiger partial charge in [0.15, 0.2) is 0 Å². The van der Waals surface area contributed by atoms with Crippen molar-refractivity contribution in [2.45, 2.75) is 19.4 Å². The maximum absolute atomic E-state index is 9.27. The van der Waals surface area contributed by atoms with Gasteiger partial charge in [0.25, 0.3) is 0 Å². The third-order valence-electron chi connectivity index (χ3n) is 2.71. The van der Waals surface area contributed by atoms with Crippen LogP contribution in [-0.2, 0) is 11.3 Å². The molecule has 0 radical (unpaired) electrons. The Kier molecular flexibility index (Phi) is 4.19. The number of aromatic hydroxyl groups is 1. The summed E-state index contributed by atoms with van der Waals surface area (Å²) in [6.45, 7) is 3.34. The molecule has 16 heavy (non-hydrogen) atoms. The van der Waals surface area contributed by atoms with E-state index in [1.807, 2.05) is 12.1 Å². The number of nitrogens with one attached hydrogen (secondary N) is 1. The van der Waals surface area contributed by atoms with Gasteiger partial charge in [-0.05, 0) is 36.5 Å². The largest absolute Gasteiger partial charge is 0.508 e. The number of hydrogen-bond donors (Lipinski definition) is 2. The Bertz CT molecular complexity index is 323. The zero-order valence-electron chi connectivity index (χ0n) is 9.48. The first-order valence-electron chi connectivity index (χ1n) is 5.91. The number of ether oxygens (including phenoxy) is 1. The molecule has 1 aromatic rings. The van der Waals surface area contributed by atoms with Gasteiger partial charge in [-0.2, -0.15) is 0 Å². The van der Waals surface area contributed by atoms with Gasteiger partial charge in [-0.3, -0.25) is 0 Å². The summed E-state index contributed by atoms with van der Waals surface area (Å²) in [6.07, 6.45) is 2.69. The molecule has 0 atom stereocenters. The molecule has 0 saturated heterocycles. The summed E-state index contributed by atoms with van der Waals surface area (Å²) in [5.74, 6) is 1.16. The van der Waals surface area contributed by atoms with Gasteiger partial charge in [0.1, 0.15) is 5.75 Å². The molecule has 3 heteroatoms. The minimum atomic E-state index is 0.323. The van der Waals surface area contributed by atoms with Gasteiger partial charge in [-0.15, -0.1) is 0 Å². The first kappa shape index (κ1) is 11.4. The average Bonchev–Trinajstić information content (AvgIpc) is 3.07. The molecule has 2 rings (SSSR count). The van der Waals surface area contributed by atoms with E-state index < -0.39 is 0 Å². The van der Waals surface area contributed by atoms with Crippen LogP contribution >= 0.6 is 0 Å². The van der Waals surface area contributed by atoms with E-state index in [2.05, 4.69) is 5.32 Å². The third-order valence-corrected chi connectivity index (χ3v) is 2.71. The van der Waals surface area contributed by atoms with Crippen LogP contribution in [0.3, 0.4) is 0 Å². The molecule has 0 aliphatic heterocycles. The van der Waals surface area contributed by atoms with Crippen LogP contribution in [-0.4, -0.2) is 24.9 Å². The number of benzene rings is 1. The van der Waals surface area contributed by atoms with Crippen LogP contribution in [0.5, 0.6) is 5.75 Å². The molecule has 0 unspecified atom stereocenters. The lowest BCUT2D eigenvalue weighted by atomic mass is 10.2. The van der Waals surface area contributed by atoms with Crippen LogP contribution in [0, 0.1) is 5.92 Å². The standard InChI is InChI=1S/C13H19NO2/c15-13-3-1-2-12(8-13)9-14-6-7-16-10-11-4-5-11/h1-3,8,11,14-15H,4-7,9-10H2. The maximum atomic E-state index is 9.27. The zero-order valence-corrected chi connectivity index (χ0v) is 9.48. The molecule has 1 aliphatic carbocycles. The highest BCUT2D eigenvalue weighted by Gasteiger charge is 2.20. The number of phenolic OH excluding ortho intramolecular Hbond substituents is 1. The predicted octanol–water partition coefficient (Wildman–Crippen LogP) is 1.91. The molecule has 0 amide bonds. The topological polar surface area (TPSA) is 41.5 Å². The van der Waals surface area contributed by atoms with Crippen molar-refractivity contribution in [3.8, 4) is 5.75 Å².